The summed E-state index contributed by atoms with van der Waals surface area (Å²) in [5.74, 6) is -0.221. The number of halogens is 2. The first-order chi connectivity index (χ1) is 10.1. The highest BCUT2D eigenvalue weighted by Gasteiger charge is 2.22. The van der Waals surface area contributed by atoms with Crippen LogP contribution < -0.4 is 5.32 Å². The highest BCUT2D eigenvalue weighted by Crippen LogP contribution is 2.20. The van der Waals surface area contributed by atoms with Crippen molar-refractivity contribution in [3.05, 3.63) is 76.2 Å². The highest BCUT2D eigenvalue weighted by atomic mass is 35.5. The highest BCUT2D eigenvalue weighted by molar-refractivity contribution is 6.35. The Morgan fingerprint density at radius 3 is 2.52 bits per heavy atom. The van der Waals surface area contributed by atoms with Crippen LogP contribution in [0.2, 0.25) is 5.02 Å². The van der Waals surface area contributed by atoms with Gasteiger partial charge in [-0.1, -0.05) is 35.9 Å². The summed E-state index contributed by atoms with van der Waals surface area (Å²) < 4.78 is 12.9. The van der Waals surface area contributed by atoms with Crippen LogP contribution in [0.1, 0.15) is 11.1 Å². The standard InChI is InChI=1S/C16H10ClFN2O/c17-13-4-2-1-3-12(13)15-19-14(16(21)20-15)9-10-5-7-11(18)8-6-10/h1-9H,(H,19,20,21)/b14-9+. The molecule has 0 atom stereocenters. The summed E-state index contributed by atoms with van der Waals surface area (Å²) in [6.45, 7) is 0. The topological polar surface area (TPSA) is 41.5 Å². The predicted octanol–water partition coefficient (Wildman–Crippen LogP) is 3.40. The Balaban J connectivity index is 1.96. The minimum absolute atomic E-state index is 0.261. The first-order valence-electron chi connectivity index (χ1n) is 6.26. The number of amidine groups is 1. The summed E-state index contributed by atoms with van der Waals surface area (Å²) in [5.41, 5.74) is 1.62. The van der Waals surface area contributed by atoms with Crippen LogP contribution in [0, 0.1) is 5.82 Å². The van der Waals surface area contributed by atoms with Crippen molar-refractivity contribution in [3.63, 3.8) is 0 Å². The van der Waals surface area contributed by atoms with E-state index in [4.69, 9.17) is 11.6 Å². The van der Waals surface area contributed by atoms with Gasteiger partial charge in [0.25, 0.3) is 5.91 Å². The Morgan fingerprint density at radius 2 is 1.81 bits per heavy atom. The number of hydrogen-bond acceptors (Lipinski definition) is 2. The molecule has 1 aliphatic heterocycles. The van der Waals surface area contributed by atoms with Crippen molar-refractivity contribution >= 4 is 29.4 Å². The van der Waals surface area contributed by atoms with Crippen LogP contribution >= 0.6 is 11.6 Å². The molecular formula is C16H10ClFN2O. The number of carbonyl (C=O) groups excluding carboxylic acids is 1. The lowest BCUT2D eigenvalue weighted by Crippen LogP contribution is -2.24. The molecule has 0 saturated carbocycles. The number of nitrogens with one attached hydrogen (secondary N) is 1. The van der Waals surface area contributed by atoms with Crippen LogP contribution in [0.25, 0.3) is 6.08 Å². The summed E-state index contributed by atoms with van der Waals surface area (Å²) in [7, 11) is 0. The Bertz CT molecular complexity index is 766. The molecule has 1 heterocycles. The molecule has 1 amide bonds. The van der Waals surface area contributed by atoms with E-state index in [1.807, 2.05) is 6.07 Å². The van der Waals surface area contributed by atoms with Crippen LogP contribution in [-0.2, 0) is 4.79 Å². The molecule has 1 aliphatic rings. The van der Waals surface area contributed by atoms with E-state index in [2.05, 4.69) is 10.3 Å². The zero-order valence-corrected chi connectivity index (χ0v) is 11.6. The Hall–Kier alpha value is -2.46. The maximum absolute atomic E-state index is 12.9. The van der Waals surface area contributed by atoms with Crippen LogP contribution in [0.4, 0.5) is 4.39 Å². The van der Waals surface area contributed by atoms with Gasteiger partial charge in [-0.05, 0) is 35.9 Å². The number of aliphatic imine (C=N–C) groups is 1. The number of amides is 1. The van der Waals surface area contributed by atoms with E-state index in [0.717, 1.165) is 0 Å². The Kier molecular flexibility index (Phi) is 3.54. The number of benzene rings is 2. The van der Waals surface area contributed by atoms with E-state index in [1.165, 1.54) is 12.1 Å². The van der Waals surface area contributed by atoms with Gasteiger partial charge in [-0.15, -0.1) is 0 Å². The molecule has 0 bridgehead atoms. The van der Waals surface area contributed by atoms with Gasteiger partial charge in [0.15, 0.2) is 0 Å². The van der Waals surface area contributed by atoms with Crippen molar-refractivity contribution in [2.24, 2.45) is 4.99 Å². The minimum Gasteiger partial charge on any atom is -0.305 e. The summed E-state index contributed by atoms with van der Waals surface area (Å²) in [6, 6.07) is 13.0. The molecule has 0 radical (unpaired) electrons. The minimum atomic E-state index is -0.326. The van der Waals surface area contributed by atoms with Crippen molar-refractivity contribution in [2.75, 3.05) is 0 Å². The van der Waals surface area contributed by atoms with Gasteiger partial charge in [0.2, 0.25) is 0 Å². The normalized spacial score (nSPS) is 16.0. The molecule has 0 spiro atoms. The fourth-order valence-corrected chi connectivity index (χ4v) is 2.19. The number of nitrogens with zero attached hydrogens (tertiary/aromatic N) is 1. The van der Waals surface area contributed by atoms with Gasteiger partial charge in [-0.25, -0.2) is 9.38 Å². The van der Waals surface area contributed by atoms with Gasteiger partial charge in [-0.3, -0.25) is 4.79 Å². The molecule has 5 heteroatoms. The number of carbonyl (C=O) groups is 1. The molecule has 3 rings (SSSR count). The molecule has 1 N–H and O–H groups in total. The van der Waals surface area contributed by atoms with E-state index in [0.29, 0.717) is 22.0 Å². The average molecular weight is 301 g/mol. The number of hydrogen-bond donors (Lipinski definition) is 1. The lowest BCUT2D eigenvalue weighted by Gasteiger charge is -2.01. The van der Waals surface area contributed by atoms with Crippen LogP contribution in [0.5, 0.6) is 0 Å². The van der Waals surface area contributed by atoms with Crippen molar-refractivity contribution in [1.82, 2.24) is 5.32 Å². The fraction of sp³-hybridized carbons (Fsp3) is 0. The van der Waals surface area contributed by atoms with Gasteiger partial charge in [0.1, 0.15) is 17.3 Å². The molecule has 21 heavy (non-hydrogen) atoms. The third kappa shape index (κ3) is 2.85. The van der Waals surface area contributed by atoms with Crippen molar-refractivity contribution in [2.45, 2.75) is 0 Å². The monoisotopic (exact) mass is 300 g/mol. The lowest BCUT2D eigenvalue weighted by atomic mass is 10.2. The summed E-state index contributed by atoms with van der Waals surface area (Å²) in [4.78, 5) is 16.2. The Morgan fingerprint density at radius 1 is 1.10 bits per heavy atom. The third-order valence-corrected chi connectivity index (χ3v) is 3.33. The quantitative estimate of drug-likeness (QED) is 0.849. The SMILES string of the molecule is O=C1NC(c2ccccc2Cl)=N/C1=C/c1ccc(F)cc1. The molecule has 0 aromatic heterocycles. The van der Waals surface area contributed by atoms with E-state index in [-0.39, 0.29) is 17.4 Å². The maximum atomic E-state index is 12.9. The van der Waals surface area contributed by atoms with Crippen LogP contribution in [0.15, 0.2) is 59.2 Å². The molecule has 2 aromatic rings. The molecule has 0 aliphatic carbocycles. The molecule has 104 valence electrons. The van der Waals surface area contributed by atoms with Gasteiger partial charge < -0.3 is 5.32 Å². The van der Waals surface area contributed by atoms with E-state index in [1.54, 1.807) is 36.4 Å². The first kappa shape index (κ1) is 13.5. The van der Waals surface area contributed by atoms with Crippen molar-refractivity contribution < 1.29 is 9.18 Å². The molecule has 0 saturated heterocycles. The third-order valence-electron chi connectivity index (χ3n) is 3.00. The van der Waals surface area contributed by atoms with Crippen molar-refractivity contribution in [3.8, 4) is 0 Å². The van der Waals surface area contributed by atoms with Gasteiger partial charge in [0, 0.05) is 5.56 Å². The predicted molar refractivity (Wildman–Crippen MR) is 80.5 cm³/mol. The first-order valence-corrected chi connectivity index (χ1v) is 6.63. The Labute approximate surface area is 125 Å². The van der Waals surface area contributed by atoms with Crippen LogP contribution in [0.3, 0.4) is 0 Å². The second-order valence-corrected chi connectivity index (χ2v) is 4.88. The largest absolute Gasteiger partial charge is 0.305 e. The van der Waals surface area contributed by atoms with E-state index >= 15 is 0 Å². The van der Waals surface area contributed by atoms with Crippen LogP contribution in [-0.4, -0.2) is 11.7 Å². The fourth-order valence-electron chi connectivity index (χ4n) is 1.97. The van der Waals surface area contributed by atoms with E-state index < -0.39 is 0 Å². The maximum Gasteiger partial charge on any atom is 0.275 e. The summed E-state index contributed by atoms with van der Waals surface area (Å²) in [6.07, 6.45) is 1.60. The molecule has 2 aromatic carbocycles. The molecule has 3 nitrogen and oxygen atoms in total. The van der Waals surface area contributed by atoms with Gasteiger partial charge in [0.05, 0.1) is 5.02 Å². The van der Waals surface area contributed by atoms with Gasteiger partial charge in [-0.2, -0.15) is 0 Å². The number of rotatable bonds is 2. The summed E-state index contributed by atoms with van der Waals surface area (Å²) >= 11 is 6.08. The zero-order valence-electron chi connectivity index (χ0n) is 10.8. The molecular weight excluding hydrogens is 291 g/mol. The zero-order chi connectivity index (χ0) is 14.8. The molecule has 0 unspecified atom stereocenters. The van der Waals surface area contributed by atoms with Gasteiger partial charge >= 0.3 is 0 Å². The average Bonchev–Trinajstić information content (AvgIpc) is 2.83. The second-order valence-electron chi connectivity index (χ2n) is 4.48. The lowest BCUT2D eigenvalue weighted by molar-refractivity contribution is -0.115. The summed E-state index contributed by atoms with van der Waals surface area (Å²) in [5, 5.41) is 3.19. The second kappa shape index (κ2) is 5.50. The van der Waals surface area contributed by atoms with Crippen molar-refractivity contribution in [1.29, 1.82) is 0 Å². The molecule has 0 fully saturated rings. The smallest absolute Gasteiger partial charge is 0.275 e. The van der Waals surface area contributed by atoms with E-state index in [9.17, 15) is 9.18 Å².